The Morgan fingerprint density at radius 3 is 3.00 bits per heavy atom. The first kappa shape index (κ1) is 20.6. The molecule has 0 saturated carbocycles. The Kier molecular flexibility index (Phi) is 4.93. The summed E-state index contributed by atoms with van der Waals surface area (Å²) in [6, 6.07) is 13.7. The second-order valence-corrected chi connectivity index (χ2v) is 9.19. The zero-order chi connectivity index (χ0) is 23.1. The summed E-state index contributed by atoms with van der Waals surface area (Å²) in [4.78, 5) is 27.6. The predicted molar refractivity (Wildman–Crippen MR) is 119 cm³/mol. The van der Waals surface area contributed by atoms with Crippen LogP contribution in [0.1, 0.15) is 23.5 Å². The molecule has 3 aromatic rings. The molecule has 1 spiro atoms. The van der Waals surface area contributed by atoms with Crippen molar-refractivity contribution in [3.63, 3.8) is 0 Å². The SMILES string of the molecule is O=C1CCc2cccc(c2)Oc2cccc3c2OC[C@]2(CN1)CN(C(=O)Cn1cnnn1)C[C@H]32. The third kappa shape index (κ3) is 3.64. The average Bonchev–Trinajstić information content (AvgIpc) is 3.50. The topological polar surface area (TPSA) is 111 Å². The van der Waals surface area contributed by atoms with Gasteiger partial charge in [-0.05, 0) is 40.6 Å². The lowest BCUT2D eigenvalue weighted by molar-refractivity contribution is -0.131. The number of tetrazole rings is 1. The number of nitrogens with zero attached hydrogens (tertiary/aromatic N) is 5. The minimum Gasteiger partial charge on any atom is -0.489 e. The highest BCUT2D eigenvalue weighted by Crippen LogP contribution is 2.52. The van der Waals surface area contributed by atoms with Crippen molar-refractivity contribution in [2.45, 2.75) is 25.3 Å². The number of ether oxygens (including phenoxy) is 2. The normalized spacial score (nSPS) is 23.4. The van der Waals surface area contributed by atoms with Gasteiger partial charge >= 0.3 is 0 Å². The zero-order valence-electron chi connectivity index (χ0n) is 18.5. The lowest BCUT2D eigenvalue weighted by atomic mass is 9.73. The van der Waals surface area contributed by atoms with E-state index in [0.717, 1.165) is 11.1 Å². The molecule has 4 aliphatic heterocycles. The molecule has 1 N–H and O–H groups in total. The summed E-state index contributed by atoms with van der Waals surface area (Å²) < 4.78 is 14.0. The molecule has 7 rings (SSSR count). The van der Waals surface area contributed by atoms with E-state index in [1.165, 1.54) is 11.0 Å². The van der Waals surface area contributed by atoms with Gasteiger partial charge in [-0.3, -0.25) is 9.59 Å². The van der Waals surface area contributed by atoms with E-state index in [0.29, 0.717) is 56.3 Å². The van der Waals surface area contributed by atoms with E-state index >= 15 is 0 Å². The van der Waals surface area contributed by atoms with E-state index in [2.05, 4.69) is 20.8 Å². The monoisotopic (exact) mass is 460 g/mol. The fraction of sp³-hybridized carbons (Fsp3) is 0.375. The van der Waals surface area contributed by atoms with Gasteiger partial charge < -0.3 is 19.7 Å². The fourth-order valence-corrected chi connectivity index (χ4v) is 5.23. The number of hydrogen-bond acceptors (Lipinski definition) is 7. The van der Waals surface area contributed by atoms with Crippen molar-refractivity contribution in [1.29, 1.82) is 0 Å². The van der Waals surface area contributed by atoms with Crippen LogP contribution in [0.3, 0.4) is 0 Å². The van der Waals surface area contributed by atoms with Gasteiger partial charge in [-0.2, -0.15) is 0 Å². The highest BCUT2D eigenvalue weighted by atomic mass is 16.5. The Labute approximate surface area is 195 Å². The molecule has 0 radical (unpaired) electrons. The maximum absolute atomic E-state index is 13.1. The zero-order valence-corrected chi connectivity index (χ0v) is 18.5. The molecule has 34 heavy (non-hydrogen) atoms. The van der Waals surface area contributed by atoms with Crippen LogP contribution in [0.15, 0.2) is 48.8 Å². The number of nitrogens with one attached hydrogen (secondary N) is 1. The molecule has 174 valence electrons. The second-order valence-electron chi connectivity index (χ2n) is 9.19. The Morgan fingerprint density at radius 1 is 1.21 bits per heavy atom. The van der Waals surface area contributed by atoms with E-state index in [-0.39, 0.29) is 24.3 Å². The maximum atomic E-state index is 13.1. The van der Waals surface area contributed by atoms with Crippen LogP contribution in [-0.2, 0) is 22.6 Å². The molecule has 4 aliphatic rings. The van der Waals surface area contributed by atoms with Crippen LogP contribution in [0.2, 0.25) is 0 Å². The van der Waals surface area contributed by atoms with E-state index in [4.69, 9.17) is 9.47 Å². The van der Waals surface area contributed by atoms with E-state index in [1.807, 2.05) is 47.4 Å². The van der Waals surface area contributed by atoms with Crippen LogP contribution in [-0.4, -0.2) is 63.2 Å². The van der Waals surface area contributed by atoms with Crippen molar-refractivity contribution in [1.82, 2.24) is 30.4 Å². The van der Waals surface area contributed by atoms with Crippen LogP contribution < -0.4 is 14.8 Å². The van der Waals surface area contributed by atoms with Crippen molar-refractivity contribution in [2.75, 3.05) is 26.2 Å². The molecule has 0 aliphatic carbocycles. The van der Waals surface area contributed by atoms with E-state index < -0.39 is 5.41 Å². The minimum atomic E-state index is -0.435. The first-order valence-corrected chi connectivity index (χ1v) is 11.4. The number of fused-ring (bicyclic) bond motifs is 5. The smallest absolute Gasteiger partial charge is 0.244 e. The van der Waals surface area contributed by atoms with Gasteiger partial charge in [0, 0.05) is 43.0 Å². The summed E-state index contributed by atoms with van der Waals surface area (Å²) in [5, 5.41) is 14.1. The molecule has 1 fully saturated rings. The predicted octanol–water partition coefficient (Wildman–Crippen LogP) is 1.53. The molecular formula is C24H24N6O4. The Balaban J connectivity index is 1.37. The number of amides is 2. The second kappa shape index (κ2) is 8.12. The number of likely N-dealkylation sites (tertiary alicyclic amines) is 1. The highest BCUT2D eigenvalue weighted by molar-refractivity contribution is 5.77. The summed E-state index contributed by atoms with van der Waals surface area (Å²) in [5.41, 5.74) is 1.59. The van der Waals surface area contributed by atoms with Gasteiger partial charge in [0.15, 0.2) is 11.5 Å². The molecular weight excluding hydrogens is 436 g/mol. The molecule has 0 unspecified atom stereocenters. The molecule has 1 saturated heterocycles. The molecule has 6 bridgehead atoms. The van der Waals surface area contributed by atoms with Crippen molar-refractivity contribution in [3.8, 4) is 17.2 Å². The van der Waals surface area contributed by atoms with Crippen molar-refractivity contribution < 1.29 is 19.1 Å². The molecule has 2 aromatic carbocycles. The maximum Gasteiger partial charge on any atom is 0.244 e. The first-order chi connectivity index (χ1) is 16.6. The van der Waals surface area contributed by atoms with Gasteiger partial charge in [0.1, 0.15) is 18.6 Å². The summed E-state index contributed by atoms with van der Waals surface area (Å²) in [6.45, 7) is 1.86. The van der Waals surface area contributed by atoms with Gasteiger partial charge in [0.25, 0.3) is 0 Å². The number of aryl methyl sites for hydroxylation is 1. The third-order valence-electron chi connectivity index (χ3n) is 6.98. The molecule has 1 aromatic heterocycles. The standard InChI is InChI=1S/C24H24N6O4/c31-21-8-7-16-3-1-4-17(9-16)34-20-6-2-5-18-19-10-29(22(32)11-30-15-26-27-28-30)13-24(19,12-25-21)14-33-23(18)20/h1-6,9,15,19H,7-8,10-14H2,(H,25,31)/t19-,24+/m1/s1. The number of carbonyl (C=O) groups is 2. The number of rotatable bonds is 2. The number of hydrogen-bond donors (Lipinski definition) is 1. The molecule has 2 atom stereocenters. The summed E-state index contributed by atoms with van der Waals surface area (Å²) in [6.07, 6.45) is 2.43. The number of carbonyl (C=O) groups excluding carboxylic acids is 2. The lowest BCUT2D eigenvalue weighted by Gasteiger charge is -2.39. The molecule has 2 amide bonds. The quantitative estimate of drug-likeness (QED) is 0.617. The van der Waals surface area contributed by atoms with E-state index in [9.17, 15) is 9.59 Å². The van der Waals surface area contributed by atoms with Gasteiger partial charge in [-0.15, -0.1) is 5.10 Å². The first-order valence-electron chi connectivity index (χ1n) is 11.4. The summed E-state index contributed by atoms with van der Waals surface area (Å²) in [5.74, 6) is 1.96. The Morgan fingerprint density at radius 2 is 2.12 bits per heavy atom. The van der Waals surface area contributed by atoms with Crippen LogP contribution in [0.4, 0.5) is 0 Å². The highest BCUT2D eigenvalue weighted by Gasteiger charge is 2.53. The van der Waals surface area contributed by atoms with Gasteiger partial charge in [0.05, 0.1) is 6.61 Å². The largest absolute Gasteiger partial charge is 0.489 e. The van der Waals surface area contributed by atoms with Crippen LogP contribution in [0, 0.1) is 5.41 Å². The van der Waals surface area contributed by atoms with E-state index in [1.54, 1.807) is 0 Å². The lowest BCUT2D eigenvalue weighted by Crippen LogP contribution is -2.48. The summed E-state index contributed by atoms with van der Waals surface area (Å²) >= 11 is 0. The number of benzene rings is 2. The summed E-state index contributed by atoms with van der Waals surface area (Å²) in [7, 11) is 0. The average molecular weight is 460 g/mol. The van der Waals surface area contributed by atoms with Gasteiger partial charge in [-0.25, -0.2) is 4.68 Å². The van der Waals surface area contributed by atoms with Crippen LogP contribution >= 0.6 is 0 Å². The third-order valence-corrected chi connectivity index (χ3v) is 6.98. The van der Waals surface area contributed by atoms with Crippen LogP contribution in [0.5, 0.6) is 17.2 Å². The van der Waals surface area contributed by atoms with Crippen LogP contribution in [0.25, 0.3) is 0 Å². The van der Waals surface area contributed by atoms with Crippen molar-refractivity contribution in [3.05, 3.63) is 59.9 Å². The Hall–Kier alpha value is -3.95. The number of para-hydroxylation sites is 1. The molecule has 10 heteroatoms. The van der Waals surface area contributed by atoms with Gasteiger partial charge in [-0.1, -0.05) is 24.3 Å². The van der Waals surface area contributed by atoms with Crippen molar-refractivity contribution in [2.24, 2.45) is 5.41 Å². The van der Waals surface area contributed by atoms with Crippen molar-refractivity contribution >= 4 is 11.8 Å². The Bertz CT molecular complexity index is 1250. The minimum absolute atomic E-state index is 0.00723. The number of aromatic nitrogens is 4. The molecule has 5 heterocycles. The fourth-order valence-electron chi connectivity index (χ4n) is 5.23. The van der Waals surface area contributed by atoms with Gasteiger partial charge in [0.2, 0.25) is 11.8 Å². The molecule has 10 nitrogen and oxygen atoms in total.